The molecular weight excluding hydrogens is 342 g/mol. The Hall–Kier alpha value is -1.63. The first-order valence-corrected chi connectivity index (χ1v) is 8.57. The van der Waals surface area contributed by atoms with Crippen molar-refractivity contribution in [3.8, 4) is 0 Å². The number of rotatable bonds is 5. The molecule has 6 nitrogen and oxygen atoms in total. The molecule has 0 saturated carbocycles. The molecule has 1 aromatic carbocycles. The zero-order chi connectivity index (χ0) is 17.1. The number of amides is 2. The molecule has 4 unspecified atom stereocenters. The van der Waals surface area contributed by atoms with Crippen LogP contribution in [0.4, 0.5) is 0 Å². The number of halogens is 1. The highest BCUT2D eigenvalue weighted by Crippen LogP contribution is 2.28. The molecule has 0 aliphatic carbocycles. The molecule has 4 atom stereocenters. The van der Waals surface area contributed by atoms with E-state index in [2.05, 4.69) is 10.6 Å². The van der Waals surface area contributed by atoms with E-state index in [1.165, 1.54) is 0 Å². The molecule has 2 aliphatic heterocycles. The number of hydrogen-bond acceptors (Lipinski definition) is 4. The fourth-order valence-corrected chi connectivity index (χ4v) is 3.50. The summed E-state index contributed by atoms with van der Waals surface area (Å²) in [6.45, 7) is 4.18. The molecule has 2 saturated heterocycles. The van der Waals surface area contributed by atoms with E-state index >= 15 is 0 Å². The Morgan fingerprint density at radius 2 is 2.08 bits per heavy atom. The summed E-state index contributed by atoms with van der Waals surface area (Å²) < 4.78 is 0. The van der Waals surface area contributed by atoms with E-state index in [0.29, 0.717) is 26.2 Å². The Bertz CT molecular complexity index is 598. The van der Waals surface area contributed by atoms with Gasteiger partial charge in [0.2, 0.25) is 11.8 Å². The first-order chi connectivity index (χ1) is 11.6. The highest BCUT2D eigenvalue weighted by molar-refractivity contribution is 5.89. The average molecular weight is 368 g/mol. The van der Waals surface area contributed by atoms with Gasteiger partial charge >= 0.3 is 0 Å². The summed E-state index contributed by atoms with van der Waals surface area (Å²) in [5.74, 6) is -0.333. The number of aliphatic hydroxyl groups excluding tert-OH is 1. The van der Waals surface area contributed by atoms with Crippen molar-refractivity contribution in [1.29, 1.82) is 0 Å². The molecule has 2 heterocycles. The molecule has 0 aromatic heterocycles. The van der Waals surface area contributed by atoms with E-state index in [4.69, 9.17) is 0 Å². The van der Waals surface area contributed by atoms with Crippen molar-refractivity contribution < 1.29 is 14.7 Å². The van der Waals surface area contributed by atoms with Crippen molar-refractivity contribution >= 4 is 24.2 Å². The summed E-state index contributed by atoms with van der Waals surface area (Å²) in [6.07, 6.45) is -0.154. The zero-order valence-electron chi connectivity index (χ0n) is 14.4. The highest BCUT2D eigenvalue weighted by Gasteiger charge is 2.37. The summed E-state index contributed by atoms with van der Waals surface area (Å²) in [7, 11) is 0. The predicted octanol–water partition coefficient (Wildman–Crippen LogP) is 0.714. The van der Waals surface area contributed by atoms with Crippen LogP contribution < -0.4 is 10.6 Å². The predicted molar refractivity (Wildman–Crippen MR) is 97.3 cm³/mol. The maximum Gasteiger partial charge on any atom is 0.225 e. The summed E-state index contributed by atoms with van der Waals surface area (Å²) in [6, 6.07) is 9.83. The maximum atomic E-state index is 12.4. The largest absolute Gasteiger partial charge is 0.391 e. The normalized spacial score (nSPS) is 27.0. The fraction of sp³-hybridized carbons (Fsp3) is 0.556. The van der Waals surface area contributed by atoms with Gasteiger partial charge in [-0.2, -0.15) is 0 Å². The van der Waals surface area contributed by atoms with E-state index in [9.17, 15) is 14.7 Å². The Labute approximate surface area is 154 Å². The van der Waals surface area contributed by atoms with E-state index in [-0.39, 0.29) is 48.5 Å². The van der Waals surface area contributed by atoms with Crippen LogP contribution in [0.15, 0.2) is 30.3 Å². The lowest BCUT2D eigenvalue weighted by atomic mass is 10.0. The van der Waals surface area contributed by atoms with Crippen LogP contribution in [-0.2, 0) is 9.59 Å². The van der Waals surface area contributed by atoms with Crippen LogP contribution in [0.5, 0.6) is 0 Å². The first-order valence-electron chi connectivity index (χ1n) is 8.57. The Morgan fingerprint density at radius 1 is 1.36 bits per heavy atom. The zero-order valence-corrected chi connectivity index (χ0v) is 15.2. The molecule has 2 amide bonds. The van der Waals surface area contributed by atoms with Gasteiger partial charge in [0.15, 0.2) is 0 Å². The van der Waals surface area contributed by atoms with Crippen LogP contribution in [0, 0.1) is 11.8 Å². The number of likely N-dealkylation sites (tertiary alicyclic amines) is 1. The van der Waals surface area contributed by atoms with Gasteiger partial charge in [0.1, 0.15) is 0 Å². The topological polar surface area (TPSA) is 81.7 Å². The number of carbonyl (C=O) groups is 2. The van der Waals surface area contributed by atoms with Crippen LogP contribution in [0.3, 0.4) is 0 Å². The summed E-state index contributed by atoms with van der Waals surface area (Å²) in [4.78, 5) is 26.5. The van der Waals surface area contributed by atoms with Crippen molar-refractivity contribution in [3.05, 3.63) is 35.9 Å². The SMILES string of the molecule is CC(c1ccccc1)N1CC(C(=O)NCC2CNCC2O)CC1=O.Cl. The van der Waals surface area contributed by atoms with E-state index in [1.807, 2.05) is 37.3 Å². The van der Waals surface area contributed by atoms with Gasteiger partial charge in [-0.1, -0.05) is 30.3 Å². The molecule has 7 heteroatoms. The number of carbonyl (C=O) groups excluding carboxylic acids is 2. The van der Waals surface area contributed by atoms with Gasteiger partial charge in [0, 0.05) is 38.5 Å². The molecule has 138 valence electrons. The molecule has 25 heavy (non-hydrogen) atoms. The summed E-state index contributed by atoms with van der Waals surface area (Å²) in [5, 5.41) is 15.8. The smallest absolute Gasteiger partial charge is 0.225 e. The van der Waals surface area contributed by atoms with Crippen molar-refractivity contribution in [2.45, 2.75) is 25.5 Å². The Morgan fingerprint density at radius 3 is 2.72 bits per heavy atom. The standard InChI is InChI=1S/C18H25N3O3.ClH/c1-12(13-5-3-2-4-6-13)21-11-14(7-17(21)23)18(24)20-9-15-8-19-10-16(15)22;/h2-6,12,14-16,19,22H,7-11H2,1H3,(H,20,24);1H. The molecule has 3 N–H and O–H groups in total. The van der Waals surface area contributed by atoms with Gasteiger partial charge in [-0.25, -0.2) is 0 Å². The van der Waals surface area contributed by atoms with Crippen molar-refractivity contribution in [2.75, 3.05) is 26.2 Å². The number of nitrogens with one attached hydrogen (secondary N) is 2. The van der Waals surface area contributed by atoms with E-state index in [1.54, 1.807) is 4.90 Å². The van der Waals surface area contributed by atoms with Crippen molar-refractivity contribution in [2.24, 2.45) is 11.8 Å². The molecule has 2 fully saturated rings. The average Bonchev–Trinajstić information content (AvgIpc) is 3.18. The van der Waals surface area contributed by atoms with Crippen LogP contribution in [0.2, 0.25) is 0 Å². The molecule has 0 bridgehead atoms. The molecule has 1 aromatic rings. The van der Waals surface area contributed by atoms with Gasteiger partial charge in [-0.15, -0.1) is 12.4 Å². The number of β-amino-alcohol motifs (C(OH)–C–C–N with tert-alkyl or cyclic N) is 1. The van der Waals surface area contributed by atoms with Gasteiger partial charge in [0.25, 0.3) is 0 Å². The summed E-state index contributed by atoms with van der Waals surface area (Å²) >= 11 is 0. The minimum absolute atomic E-state index is 0. The summed E-state index contributed by atoms with van der Waals surface area (Å²) in [5.41, 5.74) is 1.08. The van der Waals surface area contributed by atoms with Crippen molar-refractivity contribution in [3.63, 3.8) is 0 Å². The molecule has 0 radical (unpaired) electrons. The van der Waals surface area contributed by atoms with Gasteiger partial charge in [-0.3, -0.25) is 9.59 Å². The second-order valence-electron chi connectivity index (χ2n) is 6.76. The molecule has 2 aliphatic rings. The number of nitrogens with zero attached hydrogens (tertiary/aromatic N) is 1. The lowest BCUT2D eigenvalue weighted by Crippen LogP contribution is -2.38. The number of hydrogen-bond donors (Lipinski definition) is 3. The van der Waals surface area contributed by atoms with Gasteiger partial charge in [0.05, 0.1) is 18.1 Å². The van der Waals surface area contributed by atoms with Crippen LogP contribution in [0.25, 0.3) is 0 Å². The van der Waals surface area contributed by atoms with Crippen LogP contribution in [0.1, 0.15) is 24.9 Å². The quantitative estimate of drug-likeness (QED) is 0.716. The highest BCUT2D eigenvalue weighted by atomic mass is 35.5. The van der Waals surface area contributed by atoms with Gasteiger partial charge in [-0.05, 0) is 12.5 Å². The van der Waals surface area contributed by atoms with Gasteiger partial charge < -0.3 is 20.6 Å². The lowest BCUT2D eigenvalue weighted by molar-refractivity contribution is -0.130. The second kappa shape index (κ2) is 8.65. The third-order valence-corrected chi connectivity index (χ3v) is 5.12. The third-order valence-electron chi connectivity index (χ3n) is 5.12. The minimum atomic E-state index is -0.412. The van der Waals surface area contributed by atoms with E-state index in [0.717, 1.165) is 5.56 Å². The van der Waals surface area contributed by atoms with Crippen LogP contribution >= 0.6 is 12.4 Å². The minimum Gasteiger partial charge on any atom is -0.391 e. The van der Waals surface area contributed by atoms with E-state index < -0.39 is 6.10 Å². The Balaban J connectivity index is 0.00000225. The maximum absolute atomic E-state index is 12.4. The lowest BCUT2D eigenvalue weighted by Gasteiger charge is -2.25. The Kier molecular flexibility index (Phi) is 6.81. The molecule has 3 rings (SSSR count). The monoisotopic (exact) mass is 367 g/mol. The molecule has 0 spiro atoms. The number of benzene rings is 1. The second-order valence-corrected chi connectivity index (χ2v) is 6.76. The first kappa shape index (κ1) is 19.7. The number of aliphatic hydroxyl groups is 1. The van der Waals surface area contributed by atoms with Crippen molar-refractivity contribution in [1.82, 2.24) is 15.5 Å². The van der Waals surface area contributed by atoms with Crippen LogP contribution in [-0.4, -0.2) is 54.1 Å². The third kappa shape index (κ3) is 4.51. The fourth-order valence-electron chi connectivity index (χ4n) is 3.50. The molecular formula is C18H26ClN3O3.